The van der Waals surface area contributed by atoms with Crippen LogP contribution in [-0.2, 0) is 4.79 Å². The van der Waals surface area contributed by atoms with E-state index in [2.05, 4.69) is 0 Å². The van der Waals surface area contributed by atoms with E-state index in [0.29, 0.717) is 0 Å². The number of carbonyl (C=O) groups is 1. The second-order valence-corrected chi connectivity index (χ2v) is 3.33. The van der Waals surface area contributed by atoms with Crippen molar-refractivity contribution in [1.29, 1.82) is 0 Å². The van der Waals surface area contributed by atoms with E-state index in [4.69, 9.17) is 9.84 Å². The van der Waals surface area contributed by atoms with E-state index >= 15 is 0 Å². The monoisotopic (exact) mass is 230 g/mol. The number of rotatable bonds is 4. The van der Waals surface area contributed by atoms with Crippen LogP contribution in [0.3, 0.4) is 0 Å². The van der Waals surface area contributed by atoms with E-state index in [1.807, 2.05) is 0 Å². The predicted molar refractivity (Wildman–Crippen MR) is 54.0 cm³/mol. The van der Waals surface area contributed by atoms with Crippen LogP contribution in [0, 0.1) is 0 Å². The van der Waals surface area contributed by atoms with Gasteiger partial charge in [-0.15, -0.1) is 0 Å². The summed E-state index contributed by atoms with van der Waals surface area (Å²) in [7, 11) is 1.25. The SMILES string of the molecule is COc1c(C(F)F)cccc1C(C)C(=O)O. The molecule has 0 fully saturated rings. The first kappa shape index (κ1) is 12.4. The summed E-state index contributed by atoms with van der Waals surface area (Å²) < 4.78 is 30.1. The molecule has 1 rings (SSSR count). The predicted octanol–water partition coefficient (Wildman–Crippen LogP) is 2.82. The van der Waals surface area contributed by atoms with Crippen molar-refractivity contribution < 1.29 is 23.4 Å². The third-order valence-electron chi connectivity index (χ3n) is 2.35. The fourth-order valence-corrected chi connectivity index (χ4v) is 1.46. The van der Waals surface area contributed by atoms with Crippen LogP contribution in [0.15, 0.2) is 18.2 Å². The average Bonchev–Trinajstić information content (AvgIpc) is 2.26. The lowest BCUT2D eigenvalue weighted by molar-refractivity contribution is -0.138. The van der Waals surface area contributed by atoms with Gasteiger partial charge in [-0.2, -0.15) is 0 Å². The lowest BCUT2D eigenvalue weighted by atomic mass is 9.97. The minimum atomic E-state index is -2.68. The van der Waals surface area contributed by atoms with E-state index in [0.717, 1.165) is 0 Å². The van der Waals surface area contributed by atoms with Gasteiger partial charge in [0.2, 0.25) is 0 Å². The zero-order valence-corrected chi connectivity index (χ0v) is 8.91. The van der Waals surface area contributed by atoms with E-state index in [-0.39, 0.29) is 16.9 Å². The summed E-state index contributed by atoms with van der Waals surface area (Å²) in [5, 5.41) is 8.84. The molecule has 0 aromatic heterocycles. The van der Waals surface area contributed by atoms with E-state index in [9.17, 15) is 13.6 Å². The second-order valence-electron chi connectivity index (χ2n) is 3.33. The van der Waals surface area contributed by atoms with Crippen LogP contribution < -0.4 is 4.74 Å². The second kappa shape index (κ2) is 4.92. The number of hydrogen-bond acceptors (Lipinski definition) is 2. The van der Waals surface area contributed by atoms with Gasteiger partial charge in [-0.25, -0.2) is 8.78 Å². The van der Waals surface area contributed by atoms with Gasteiger partial charge >= 0.3 is 5.97 Å². The topological polar surface area (TPSA) is 46.5 Å². The zero-order valence-electron chi connectivity index (χ0n) is 8.91. The maximum absolute atomic E-state index is 12.6. The largest absolute Gasteiger partial charge is 0.496 e. The number of alkyl halides is 2. The van der Waals surface area contributed by atoms with Gasteiger partial charge in [0, 0.05) is 5.56 Å². The number of benzene rings is 1. The molecular formula is C11H12F2O3. The van der Waals surface area contributed by atoms with Crippen molar-refractivity contribution in [1.82, 2.24) is 0 Å². The summed E-state index contributed by atoms with van der Waals surface area (Å²) in [6.07, 6.45) is -2.68. The summed E-state index contributed by atoms with van der Waals surface area (Å²) in [4.78, 5) is 10.8. The Bertz CT molecular complexity index is 391. The van der Waals surface area contributed by atoms with Gasteiger partial charge in [0.1, 0.15) is 5.75 Å². The van der Waals surface area contributed by atoms with Crippen molar-refractivity contribution in [3.63, 3.8) is 0 Å². The molecule has 0 aliphatic rings. The highest BCUT2D eigenvalue weighted by Crippen LogP contribution is 2.35. The standard InChI is InChI=1S/C11H12F2O3/c1-6(11(14)15)7-4-3-5-8(10(12)13)9(7)16-2/h3-6,10H,1-2H3,(H,14,15). The van der Waals surface area contributed by atoms with Gasteiger partial charge < -0.3 is 9.84 Å². The number of methoxy groups -OCH3 is 1. The molecule has 0 spiro atoms. The van der Waals surface area contributed by atoms with Crippen molar-refractivity contribution in [2.75, 3.05) is 7.11 Å². The third kappa shape index (κ3) is 2.29. The normalized spacial score (nSPS) is 12.6. The first-order chi connectivity index (χ1) is 7.49. The van der Waals surface area contributed by atoms with Gasteiger partial charge in [0.25, 0.3) is 6.43 Å². The fraction of sp³-hybridized carbons (Fsp3) is 0.364. The summed E-state index contributed by atoms with van der Waals surface area (Å²) in [6, 6.07) is 4.10. The summed E-state index contributed by atoms with van der Waals surface area (Å²) in [5.74, 6) is -2.01. The average molecular weight is 230 g/mol. The molecule has 0 amide bonds. The molecule has 0 radical (unpaired) electrons. The Labute approximate surface area is 91.7 Å². The Morgan fingerprint density at radius 2 is 1.94 bits per heavy atom. The van der Waals surface area contributed by atoms with Gasteiger partial charge in [-0.3, -0.25) is 4.79 Å². The molecule has 1 aromatic carbocycles. The highest BCUT2D eigenvalue weighted by molar-refractivity contribution is 5.77. The van der Waals surface area contributed by atoms with E-state index < -0.39 is 18.3 Å². The molecule has 3 nitrogen and oxygen atoms in total. The van der Waals surface area contributed by atoms with Gasteiger partial charge in [0.05, 0.1) is 18.6 Å². The Balaban J connectivity index is 3.29. The molecular weight excluding hydrogens is 218 g/mol. The first-order valence-electron chi connectivity index (χ1n) is 4.66. The molecule has 1 atom stereocenters. The number of hydrogen-bond donors (Lipinski definition) is 1. The fourth-order valence-electron chi connectivity index (χ4n) is 1.46. The zero-order chi connectivity index (χ0) is 12.3. The summed E-state index contributed by atoms with van der Waals surface area (Å²) in [5.41, 5.74) is -0.0269. The quantitative estimate of drug-likeness (QED) is 0.865. The van der Waals surface area contributed by atoms with Gasteiger partial charge in [0.15, 0.2) is 0 Å². The molecule has 0 saturated heterocycles. The Morgan fingerprint density at radius 3 is 2.38 bits per heavy atom. The maximum Gasteiger partial charge on any atom is 0.310 e. The van der Waals surface area contributed by atoms with Crippen LogP contribution in [0.2, 0.25) is 0 Å². The lowest BCUT2D eigenvalue weighted by Gasteiger charge is -2.15. The molecule has 16 heavy (non-hydrogen) atoms. The molecule has 88 valence electrons. The molecule has 1 unspecified atom stereocenters. The minimum Gasteiger partial charge on any atom is -0.496 e. The van der Waals surface area contributed by atoms with Crippen LogP contribution in [-0.4, -0.2) is 18.2 Å². The van der Waals surface area contributed by atoms with Crippen LogP contribution in [0.4, 0.5) is 8.78 Å². The van der Waals surface area contributed by atoms with Crippen molar-refractivity contribution in [2.24, 2.45) is 0 Å². The Hall–Kier alpha value is -1.65. The van der Waals surface area contributed by atoms with Crippen molar-refractivity contribution in [3.8, 4) is 5.75 Å². The molecule has 5 heteroatoms. The molecule has 1 N–H and O–H groups in total. The van der Waals surface area contributed by atoms with E-state index in [1.54, 1.807) is 0 Å². The van der Waals surface area contributed by atoms with Gasteiger partial charge in [-0.05, 0) is 13.0 Å². The number of ether oxygens (including phenoxy) is 1. The van der Waals surface area contributed by atoms with Crippen molar-refractivity contribution in [3.05, 3.63) is 29.3 Å². The number of carboxylic acids is 1. The molecule has 0 bridgehead atoms. The molecule has 0 aliphatic heterocycles. The van der Waals surface area contributed by atoms with Crippen molar-refractivity contribution in [2.45, 2.75) is 19.3 Å². The number of carboxylic acid groups (broad SMARTS) is 1. The number of aliphatic carboxylic acids is 1. The van der Waals surface area contributed by atoms with Crippen LogP contribution in [0.25, 0.3) is 0 Å². The Morgan fingerprint density at radius 1 is 1.38 bits per heavy atom. The Kier molecular flexibility index (Phi) is 3.82. The van der Waals surface area contributed by atoms with Crippen LogP contribution in [0.1, 0.15) is 30.4 Å². The number of halogens is 2. The first-order valence-corrected chi connectivity index (χ1v) is 4.66. The van der Waals surface area contributed by atoms with Crippen LogP contribution >= 0.6 is 0 Å². The molecule has 1 aromatic rings. The highest BCUT2D eigenvalue weighted by atomic mass is 19.3. The highest BCUT2D eigenvalue weighted by Gasteiger charge is 2.23. The van der Waals surface area contributed by atoms with Crippen molar-refractivity contribution >= 4 is 5.97 Å². The maximum atomic E-state index is 12.6. The van der Waals surface area contributed by atoms with E-state index in [1.165, 1.54) is 32.2 Å². The lowest BCUT2D eigenvalue weighted by Crippen LogP contribution is -2.10. The summed E-state index contributed by atoms with van der Waals surface area (Å²) in [6.45, 7) is 1.43. The molecule has 0 saturated carbocycles. The number of para-hydroxylation sites is 1. The van der Waals surface area contributed by atoms with Crippen LogP contribution in [0.5, 0.6) is 5.75 Å². The molecule has 0 aliphatic carbocycles. The third-order valence-corrected chi connectivity index (χ3v) is 2.35. The van der Waals surface area contributed by atoms with Gasteiger partial charge in [-0.1, -0.05) is 12.1 Å². The smallest absolute Gasteiger partial charge is 0.310 e. The minimum absolute atomic E-state index is 0.0487. The summed E-state index contributed by atoms with van der Waals surface area (Å²) >= 11 is 0. The molecule has 0 heterocycles.